The summed E-state index contributed by atoms with van der Waals surface area (Å²) in [7, 11) is -3.85. The van der Waals surface area contributed by atoms with Crippen LogP contribution < -0.4 is 10.6 Å². The highest BCUT2D eigenvalue weighted by Crippen LogP contribution is 2.34. The largest absolute Gasteiger partial charge is 0.385 e. The molecular weight excluding hydrogens is 316 g/mol. The second-order valence-corrected chi connectivity index (χ2v) is 8.17. The van der Waals surface area contributed by atoms with Gasteiger partial charge >= 0.3 is 5.69 Å². The summed E-state index contributed by atoms with van der Waals surface area (Å²) >= 11 is 0.700. The predicted octanol–water partition coefficient (Wildman–Crippen LogP) is 1.69. The van der Waals surface area contributed by atoms with E-state index in [1.54, 1.807) is 5.01 Å². The number of sulfonamides is 1. The van der Waals surface area contributed by atoms with E-state index in [1.807, 2.05) is 13.8 Å². The number of nitrogen functional groups attached to an aromatic ring is 1. The Balaban J connectivity index is 2.26. The van der Waals surface area contributed by atoms with Crippen molar-refractivity contribution in [2.75, 3.05) is 5.73 Å². The summed E-state index contributed by atoms with van der Waals surface area (Å²) in [6, 6.07) is 1.16. The lowest BCUT2D eigenvalue weighted by Gasteiger charge is -2.38. The van der Waals surface area contributed by atoms with Gasteiger partial charge in [-0.2, -0.15) is 0 Å². The number of nitrogens with one attached hydrogen (secondary N) is 1. The molecule has 0 aromatic carbocycles. The van der Waals surface area contributed by atoms with Gasteiger partial charge in [0.15, 0.2) is 5.00 Å². The quantitative estimate of drug-likeness (QED) is 0.639. The molecular formula is C11H18N4O4S2. The number of rotatable bonds is 4. The Kier molecular flexibility index (Phi) is 4.51. The van der Waals surface area contributed by atoms with Gasteiger partial charge in [-0.1, -0.05) is 17.8 Å². The van der Waals surface area contributed by atoms with Crippen LogP contribution in [0.1, 0.15) is 33.1 Å². The van der Waals surface area contributed by atoms with Crippen molar-refractivity contribution in [1.29, 1.82) is 0 Å². The molecule has 2 unspecified atom stereocenters. The highest BCUT2D eigenvalue weighted by Gasteiger charge is 2.31. The van der Waals surface area contributed by atoms with Crippen LogP contribution in [-0.2, 0) is 10.0 Å². The molecule has 3 N–H and O–H groups in total. The Morgan fingerprint density at radius 2 is 2.00 bits per heavy atom. The lowest BCUT2D eigenvalue weighted by atomic mass is 10.0. The topological polar surface area (TPSA) is 119 Å². The molecule has 0 amide bonds. The van der Waals surface area contributed by atoms with Crippen LogP contribution in [-0.4, -0.2) is 30.4 Å². The highest BCUT2D eigenvalue weighted by molar-refractivity contribution is 7.91. The van der Waals surface area contributed by atoms with Crippen molar-refractivity contribution in [1.82, 2.24) is 9.84 Å². The van der Waals surface area contributed by atoms with E-state index in [9.17, 15) is 18.5 Å². The fraction of sp³-hybridized carbons (Fsp3) is 0.636. The highest BCUT2D eigenvalue weighted by atomic mass is 32.2. The van der Waals surface area contributed by atoms with Gasteiger partial charge in [-0.25, -0.2) is 13.4 Å². The summed E-state index contributed by atoms with van der Waals surface area (Å²) in [5.41, 5.74) is 5.12. The molecule has 1 saturated heterocycles. The molecule has 0 saturated carbocycles. The number of hydrogen-bond donors (Lipinski definition) is 2. The molecule has 10 heteroatoms. The monoisotopic (exact) mass is 334 g/mol. The Labute approximate surface area is 127 Å². The fourth-order valence-corrected chi connectivity index (χ4v) is 4.87. The van der Waals surface area contributed by atoms with Crippen molar-refractivity contribution in [2.24, 2.45) is 0 Å². The third-order valence-electron chi connectivity index (χ3n) is 3.60. The summed E-state index contributed by atoms with van der Waals surface area (Å²) < 4.78 is 24.6. The molecule has 1 aromatic heterocycles. The van der Waals surface area contributed by atoms with Crippen LogP contribution in [0.2, 0.25) is 0 Å². The minimum atomic E-state index is -3.85. The van der Waals surface area contributed by atoms with Crippen LogP contribution in [0.5, 0.6) is 0 Å². The number of nitro groups is 1. The minimum absolute atomic E-state index is 0.0795. The molecule has 1 fully saturated rings. The number of hydrogen-bond acceptors (Lipinski definition) is 7. The lowest BCUT2D eigenvalue weighted by molar-refractivity contribution is -0.383. The van der Waals surface area contributed by atoms with E-state index < -0.39 is 14.9 Å². The molecule has 1 aliphatic heterocycles. The van der Waals surface area contributed by atoms with E-state index in [1.165, 1.54) is 0 Å². The second-order valence-electron chi connectivity index (χ2n) is 5.20. The van der Waals surface area contributed by atoms with Gasteiger partial charge in [0.1, 0.15) is 4.21 Å². The van der Waals surface area contributed by atoms with Crippen LogP contribution in [0.15, 0.2) is 10.3 Å². The molecule has 2 rings (SSSR count). The van der Waals surface area contributed by atoms with E-state index >= 15 is 0 Å². The van der Waals surface area contributed by atoms with Crippen molar-refractivity contribution < 1.29 is 13.3 Å². The van der Waals surface area contributed by atoms with Crippen molar-refractivity contribution in [3.8, 4) is 0 Å². The summed E-state index contributed by atoms with van der Waals surface area (Å²) in [6.07, 6.45) is 2.86. The van der Waals surface area contributed by atoms with Crippen LogP contribution in [0.4, 0.5) is 10.7 Å². The Morgan fingerprint density at radius 3 is 2.48 bits per heavy atom. The van der Waals surface area contributed by atoms with Crippen LogP contribution in [0, 0.1) is 10.1 Å². The smallest absolute Gasteiger partial charge is 0.304 e. The number of thiophene rings is 1. The maximum atomic E-state index is 12.4. The summed E-state index contributed by atoms with van der Waals surface area (Å²) in [5.74, 6) is 0. The van der Waals surface area contributed by atoms with Gasteiger partial charge in [0.25, 0.3) is 10.0 Å². The standard InChI is InChI=1S/C11H18N4O4S2/c1-7-4-3-5-8(2)14(7)13-21(18,19)10-6-9(15(16)17)11(12)20-10/h6-8,13H,3-5,12H2,1-2H3. The predicted molar refractivity (Wildman–Crippen MR) is 80.3 cm³/mol. The van der Waals surface area contributed by atoms with E-state index in [2.05, 4.69) is 4.83 Å². The molecule has 21 heavy (non-hydrogen) atoms. The van der Waals surface area contributed by atoms with Gasteiger partial charge in [-0.3, -0.25) is 10.1 Å². The summed E-state index contributed by atoms with van der Waals surface area (Å²) in [6.45, 7) is 3.90. The van der Waals surface area contributed by atoms with Gasteiger partial charge in [-0.15, -0.1) is 4.83 Å². The van der Waals surface area contributed by atoms with E-state index in [-0.39, 0.29) is 27.0 Å². The number of nitrogens with zero attached hydrogens (tertiary/aromatic N) is 2. The maximum Gasteiger partial charge on any atom is 0.304 e. The average Bonchev–Trinajstić information content (AvgIpc) is 2.77. The van der Waals surface area contributed by atoms with Crippen LogP contribution >= 0.6 is 11.3 Å². The van der Waals surface area contributed by atoms with E-state index in [0.717, 1.165) is 25.3 Å². The van der Waals surface area contributed by atoms with Crippen LogP contribution in [0.3, 0.4) is 0 Å². The van der Waals surface area contributed by atoms with Crippen molar-refractivity contribution >= 4 is 32.0 Å². The third-order valence-corrected chi connectivity index (χ3v) is 6.35. The molecule has 2 heterocycles. The lowest BCUT2D eigenvalue weighted by Crippen LogP contribution is -2.53. The summed E-state index contributed by atoms with van der Waals surface area (Å²) in [5, 5.41) is 12.3. The molecule has 118 valence electrons. The Bertz CT molecular complexity index is 633. The number of anilines is 1. The molecule has 2 atom stereocenters. The van der Waals surface area contributed by atoms with Gasteiger partial charge in [0.2, 0.25) is 0 Å². The van der Waals surface area contributed by atoms with E-state index in [0.29, 0.717) is 11.3 Å². The molecule has 1 aliphatic rings. The first-order valence-corrected chi connectivity index (χ1v) is 8.87. The first-order chi connectivity index (χ1) is 9.72. The molecule has 0 aliphatic carbocycles. The number of nitrogens with two attached hydrogens (primary N) is 1. The normalized spacial score (nSPS) is 24.1. The zero-order chi connectivity index (χ0) is 15.8. The Morgan fingerprint density at radius 1 is 1.43 bits per heavy atom. The first-order valence-electron chi connectivity index (χ1n) is 6.57. The number of piperidine rings is 1. The molecule has 0 radical (unpaired) electrons. The maximum absolute atomic E-state index is 12.4. The number of hydrazine groups is 1. The van der Waals surface area contributed by atoms with E-state index in [4.69, 9.17) is 5.73 Å². The average molecular weight is 334 g/mol. The van der Waals surface area contributed by atoms with Gasteiger partial charge in [-0.05, 0) is 26.7 Å². The molecule has 0 spiro atoms. The van der Waals surface area contributed by atoms with Crippen LogP contribution in [0.25, 0.3) is 0 Å². The third kappa shape index (κ3) is 3.34. The minimum Gasteiger partial charge on any atom is -0.385 e. The second kappa shape index (κ2) is 5.87. The molecule has 1 aromatic rings. The van der Waals surface area contributed by atoms with Crippen molar-refractivity contribution in [2.45, 2.75) is 49.4 Å². The van der Waals surface area contributed by atoms with Gasteiger partial charge in [0, 0.05) is 18.2 Å². The van der Waals surface area contributed by atoms with Crippen molar-refractivity contribution in [3.63, 3.8) is 0 Å². The zero-order valence-electron chi connectivity index (χ0n) is 11.8. The molecule has 0 bridgehead atoms. The summed E-state index contributed by atoms with van der Waals surface area (Å²) in [4.78, 5) is 12.6. The fourth-order valence-electron chi connectivity index (χ4n) is 2.43. The Hall–Kier alpha value is -1.23. The van der Waals surface area contributed by atoms with Gasteiger partial charge < -0.3 is 5.73 Å². The molecule has 8 nitrogen and oxygen atoms in total. The van der Waals surface area contributed by atoms with Crippen molar-refractivity contribution in [3.05, 3.63) is 16.2 Å². The first kappa shape index (κ1) is 16.1. The van der Waals surface area contributed by atoms with Gasteiger partial charge in [0.05, 0.1) is 4.92 Å². The SMILES string of the molecule is CC1CCCC(C)N1NS(=O)(=O)c1cc([N+](=O)[O-])c(N)s1. The zero-order valence-corrected chi connectivity index (χ0v) is 13.4.